The molecule has 0 aliphatic heterocycles. The smallest absolute Gasteiger partial charge is 0.246 e. The minimum absolute atomic E-state index is 0.0898. The molecule has 1 aromatic carbocycles. The highest BCUT2D eigenvalue weighted by atomic mass is 79.9. The number of nitrogens with two attached hydrogens (primary N) is 1. The van der Waals surface area contributed by atoms with Crippen molar-refractivity contribution in [3.8, 4) is 0 Å². The Labute approximate surface area is 146 Å². The summed E-state index contributed by atoms with van der Waals surface area (Å²) in [6, 6.07) is 3.71. The van der Waals surface area contributed by atoms with Crippen LogP contribution in [0.5, 0.6) is 0 Å². The van der Waals surface area contributed by atoms with E-state index in [1.807, 2.05) is 12.1 Å². The van der Waals surface area contributed by atoms with Crippen LogP contribution in [0.2, 0.25) is 0 Å². The molecule has 0 saturated heterocycles. The summed E-state index contributed by atoms with van der Waals surface area (Å²) in [6.45, 7) is 0.593. The normalized spacial score (nSPS) is 10.7. The van der Waals surface area contributed by atoms with Crippen LogP contribution in [0.4, 0.5) is 5.69 Å². The number of nitrogens with zero attached hydrogens (tertiary/aromatic N) is 3. The molecule has 2 aromatic rings. The molecule has 21 heavy (non-hydrogen) atoms. The van der Waals surface area contributed by atoms with Gasteiger partial charge in [-0.25, -0.2) is 4.68 Å². The lowest BCUT2D eigenvalue weighted by Crippen LogP contribution is -2.19. The number of aromatic nitrogens is 3. The monoisotopic (exact) mass is 479 g/mol. The van der Waals surface area contributed by atoms with Gasteiger partial charge in [0, 0.05) is 26.0 Å². The molecule has 0 saturated carbocycles. The Morgan fingerprint density at radius 3 is 2.57 bits per heavy atom. The maximum absolute atomic E-state index is 12.1. The minimum Gasteiger partial charge on any atom is -0.330 e. The molecule has 6 nitrogen and oxygen atoms in total. The van der Waals surface area contributed by atoms with Crippen LogP contribution < -0.4 is 11.1 Å². The summed E-state index contributed by atoms with van der Waals surface area (Å²) in [6.07, 6.45) is 2.36. The maximum atomic E-state index is 12.1. The summed E-state index contributed by atoms with van der Waals surface area (Å²) in [5.41, 5.74) is 6.89. The van der Waals surface area contributed by atoms with E-state index in [4.69, 9.17) is 5.73 Å². The first-order valence-electron chi connectivity index (χ1n) is 6.03. The van der Waals surface area contributed by atoms with Crippen LogP contribution in [0.3, 0.4) is 0 Å². The molecule has 3 N–H and O–H groups in total. The topological polar surface area (TPSA) is 85.8 Å². The second-order valence-corrected chi connectivity index (χ2v) is 6.86. The third-order valence-electron chi connectivity index (χ3n) is 2.56. The SMILES string of the molecule is NCCc1cn(CC(=O)Nc2c(Br)cc(Br)cc2Br)nn1. The standard InChI is InChI=1S/C12H12Br3N5O/c13-7-3-9(14)12(10(15)4-7)17-11(21)6-20-5-8(1-2-16)18-19-20/h3-5H,1-2,6,16H2,(H,17,21). The van der Waals surface area contributed by atoms with Gasteiger partial charge in [0.1, 0.15) is 6.54 Å². The number of carbonyl (C=O) groups is 1. The van der Waals surface area contributed by atoms with Crippen molar-refractivity contribution in [3.63, 3.8) is 0 Å². The minimum atomic E-state index is -0.192. The number of hydrogen-bond donors (Lipinski definition) is 2. The Balaban J connectivity index is 2.04. The van der Waals surface area contributed by atoms with Crippen LogP contribution in [0.15, 0.2) is 31.7 Å². The molecule has 0 fully saturated rings. The van der Waals surface area contributed by atoms with Crippen molar-refractivity contribution in [1.82, 2.24) is 15.0 Å². The fourth-order valence-electron chi connectivity index (χ4n) is 1.67. The zero-order valence-corrected chi connectivity index (χ0v) is 15.6. The Hall–Kier alpha value is -0.770. The predicted molar refractivity (Wildman–Crippen MR) is 91.0 cm³/mol. The van der Waals surface area contributed by atoms with Gasteiger partial charge in [-0.3, -0.25) is 4.79 Å². The zero-order chi connectivity index (χ0) is 15.4. The summed E-state index contributed by atoms with van der Waals surface area (Å²) in [5.74, 6) is -0.192. The second-order valence-electron chi connectivity index (χ2n) is 4.24. The number of nitrogens with one attached hydrogen (secondary N) is 1. The van der Waals surface area contributed by atoms with E-state index in [1.54, 1.807) is 6.20 Å². The van der Waals surface area contributed by atoms with Crippen LogP contribution in [-0.4, -0.2) is 27.4 Å². The lowest BCUT2D eigenvalue weighted by molar-refractivity contribution is -0.116. The Kier molecular flexibility index (Phi) is 5.91. The summed E-state index contributed by atoms with van der Waals surface area (Å²) in [7, 11) is 0. The van der Waals surface area contributed by atoms with Crippen LogP contribution in [0.25, 0.3) is 0 Å². The third kappa shape index (κ3) is 4.60. The molecule has 1 amide bonds. The summed E-state index contributed by atoms with van der Waals surface area (Å²) in [4.78, 5) is 12.1. The van der Waals surface area contributed by atoms with Crippen LogP contribution in [0.1, 0.15) is 5.69 Å². The van der Waals surface area contributed by atoms with Gasteiger partial charge in [0.2, 0.25) is 5.91 Å². The van der Waals surface area contributed by atoms with E-state index < -0.39 is 0 Å². The molecule has 0 unspecified atom stereocenters. The second kappa shape index (κ2) is 7.48. The van der Waals surface area contributed by atoms with Gasteiger partial charge < -0.3 is 11.1 Å². The molecule has 0 aliphatic rings. The van der Waals surface area contributed by atoms with Gasteiger partial charge in [-0.05, 0) is 50.5 Å². The van der Waals surface area contributed by atoms with E-state index in [2.05, 4.69) is 63.4 Å². The van der Waals surface area contributed by atoms with Crippen molar-refractivity contribution >= 4 is 59.4 Å². The van der Waals surface area contributed by atoms with Gasteiger partial charge in [-0.2, -0.15) is 0 Å². The van der Waals surface area contributed by atoms with Gasteiger partial charge in [0.05, 0.1) is 11.4 Å². The van der Waals surface area contributed by atoms with E-state index in [-0.39, 0.29) is 12.5 Å². The summed E-state index contributed by atoms with van der Waals surface area (Å²) >= 11 is 10.2. The Bertz CT molecular complexity index is 635. The van der Waals surface area contributed by atoms with Gasteiger partial charge in [-0.15, -0.1) is 5.10 Å². The van der Waals surface area contributed by atoms with Crippen LogP contribution >= 0.6 is 47.8 Å². The van der Waals surface area contributed by atoms with E-state index >= 15 is 0 Å². The first kappa shape index (κ1) is 16.6. The molecule has 0 aliphatic carbocycles. The fourth-order valence-corrected chi connectivity index (χ4v) is 4.12. The third-order valence-corrected chi connectivity index (χ3v) is 4.27. The molecule has 2 rings (SSSR count). The lowest BCUT2D eigenvalue weighted by Gasteiger charge is -2.10. The number of carbonyl (C=O) groups excluding carboxylic acids is 1. The first-order valence-corrected chi connectivity index (χ1v) is 8.41. The fraction of sp³-hybridized carbons (Fsp3) is 0.250. The molecule has 0 atom stereocenters. The van der Waals surface area contributed by atoms with E-state index in [9.17, 15) is 4.79 Å². The van der Waals surface area contributed by atoms with E-state index in [1.165, 1.54) is 4.68 Å². The van der Waals surface area contributed by atoms with Crippen molar-refractivity contribution in [2.75, 3.05) is 11.9 Å². The molecule has 1 heterocycles. The van der Waals surface area contributed by atoms with Crippen molar-refractivity contribution in [2.24, 2.45) is 5.73 Å². The van der Waals surface area contributed by atoms with E-state index in [0.29, 0.717) is 18.7 Å². The molecule has 0 radical (unpaired) electrons. The average molecular weight is 482 g/mol. The highest BCUT2D eigenvalue weighted by Crippen LogP contribution is 2.34. The number of anilines is 1. The maximum Gasteiger partial charge on any atom is 0.246 e. The van der Waals surface area contributed by atoms with Crippen molar-refractivity contribution in [3.05, 3.63) is 37.4 Å². The molecule has 112 valence electrons. The summed E-state index contributed by atoms with van der Waals surface area (Å²) in [5, 5.41) is 10.7. The number of benzene rings is 1. The number of rotatable bonds is 5. The zero-order valence-electron chi connectivity index (χ0n) is 10.8. The molecule has 0 spiro atoms. The van der Waals surface area contributed by atoms with Gasteiger partial charge in [0.25, 0.3) is 0 Å². The molecular formula is C12H12Br3N5O. The van der Waals surface area contributed by atoms with Crippen molar-refractivity contribution in [1.29, 1.82) is 0 Å². The average Bonchev–Trinajstić information content (AvgIpc) is 2.81. The highest BCUT2D eigenvalue weighted by Gasteiger charge is 2.12. The lowest BCUT2D eigenvalue weighted by atomic mass is 10.3. The van der Waals surface area contributed by atoms with Gasteiger partial charge in [-0.1, -0.05) is 21.1 Å². The Morgan fingerprint density at radius 1 is 1.29 bits per heavy atom. The Morgan fingerprint density at radius 2 is 1.95 bits per heavy atom. The van der Waals surface area contributed by atoms with Crippen molar-refractivity contribution < 1.29 is 4.79 Å². The highest BCUT2D eigenvalue weighted by molar-refractivity contribution is 9.11. The van der Waals surface area contributed by atoms with Crippen LogP contribution in [0, 0.1) is 0 Å². The number of amides is 1. The van der Waals surface area contributed by atoms with E-state index in [0.717, 1.165) is 19.1 Å². The van der Waals surface area contributed by atoms with Crippen LogP contribution in [-0.2, 0) is 17.8 Å². The molecular weight excluding hydrogens is 470 g/mol. The van der Waals surface area contributed by atoms with Gasteiger partial charge >= 0.3 is 0 Å². The van der Waals surface area contributed by atoms with Crippen molar-refractivity contribution in [2.45, 2.75) is 13.0 Å². The predicted octanol–water partition coefficient (Wildman–Crippen LogP) is 2.71. The number of halogens is 3. The largest absolute Gasteiger partial charge is 0.330 e. The number of hydrogen-bond acceptors (Lipinski definition) is 4. The quantitative estimate of drug-likeness (QED) is 0.687. The molecule has 0 bridgehead atoms. The molecule has 9 heteroatoms. The molecule has 1 aromatic heterocycles. The van der Waals surface area contributed by atoms with Gasteiger partial charge in [0.15, 0.2) is 0 Å². The summed E-state index contributed by atoms with van der Waals surface area (Å²) < 4.78 is 3.95. The first-order chi connectivity index (χ1) is 9.99.